The van der Waals surface area contributed by atoms with Crippen LogP contribution in [-0.2, 0) is 19.6 Å². The Kier molecular flexibility index (Phi) is 3.57. The Hall–Kier alpha value is -2.41. The predicted octanol–water partition coefficient (Wildman–Crippen LogP) is 2.07. The maximum Gasteiger partial charge on any atom is 0.335 e. The van der Waals surface area contributed by atoms with E-state index >= 15 is 0 Å². The van der Waals surface area contributed by atoms with Crippen LogP contribution in [0, 0.1) is 0 Å². The number of nitrogens with zero attached hydrogens (tertiary/aromatic N) is 2. The van der Waals surface area contributed by atoms with E-state index in [1.807, 2.05) is 5.38 Å². The molecule has 1 aliphatic heterocycles. The van der Waals surface area contributed by atoms with E-state index in [-0.39, 0.29) is 11.6 Å². The first-order valence-electron chi connectivity index (χ1n) is 6.38. The zero-order valence-electron chi connectivity index (χ0n) is 11.1. The van der Waals surface area contributed by atoms with E-state index in [0.29, 0.717) is 19.6 Å². The van der Waals surface area contributed by atoms with Crippen LogP contribution < -0.4 is 5.32 Å². The molecule has 0 aliphatic carbocycles. The Morgan fingerprint density at radius 3 is 2.86 bits per heavy atom. The SMILES string of the molecule is O=C(O)c1ccc2c(c1)CN(C(=O)NCc1cscn1)C2. The van der Waals surface area contributed by atoms with Crippen LogP contribution in [-0.4, -0.2) is 27.0 Å². The molecule has 1 aromatic heterocycles. The molecule has 0 saturated carbocycles. The Morgan fingerprint density at radius 2 is 2.14 bits per heavy atom. The van der Waals surface area contributed by atoms with Crippen LogP contribution in [0.4, 0.5) is 4.79 Å². The summed E-state index contributed by atoms with van der Waals surface area (Å²) in [7, 11) is 0. The second-order valence-electron chi connectivity index (χ2n) is 4.78. The third-order valence-electron chi connectivity index (χ3n) is 3.37. The number of amides is 2. The van der Waals surface area contributed by atoms with E-state index in [4.69, 9.17) is 5.11 Å². The van der Waals surface area contributed by atoms with Crippen molar-refractivity contribution in [1.82, 2.24) is 15.2 Å². The summed E-state index contributed by atoms with van der Waals surface area (Å²) in [5.41, 5.74) is 4.68. The van der Waals surface area contributed by atoms with Crippen molar-refractivity contribution in [3.8, 4) is 0 Å². The molecule has 2 N–H and O–H groups in total. The van der Waals surface area contributed by atoms with Crippen molar-refractivity contribution >= 4 is 23.3 Å². The van der Waals surface area contributed by atoms with Crippen LogP contribution in [0.25, 0.3) is 0 Å². The van der Waals surface area contributed by atoms with Crippen molar-refractivity contribution in [3.63, 3.8) is 0 Å². The Balaban J connectivity index is 1.64. The van der Waals surface area contributed by atoms with Gasteiger partial charge in [0.25, 0.3) is 0 Å². The smallest absolute Gasteiger partial charge is 0.335 e. The van der Waals surface area contributed by atoms with Gasteiger partial charge in [-0.15, -0.1) is 11.3 Å². The molecule has 0 unspecified atom stereocenters. The minimum Gasteiger partial charge on any atom is -0.478 e. The summed E-state index contributed by atoms with van der Waals surface area (Å²) in [5, 5.41) is 13.7. The first-order chi connectivity index (χ1) is 10.1. The second kappa shape index (κ2) is 5.53. The number of benzene rings is 1. The van der Waals surface area contributed by atoms with Gasteiger partial charge in [-0.05, 0) is 23.3 Å². The molecule has 1 aliphatic rings. The number of nitrogens with one attached hydrogen (secondary N) is 1. The molecule has 0 atom stereocenters. The van der Waals surface area contributed by atoms with E-state index in [1.54, 1.807) is 28.6 Å². The lowest BCUT2D eigenvalue weighted by molar-refractivity contribution is 0.0696. The standard InChI is InChI=1S/C14H13N3O3S/c18-13(19)9-1-2-10-5-17(6-11(10)3-9)14(20)15-4-12-7-21-8-16-12/h1-3,7-8H,4-6H2,(H,15,20)(H,18,19). The highest BCUT2D eigenvalue weighted by molar-refractivity contribution is 7.07. The molecule has 21 heavy (non-hydrogen) atoms. The second-order valence-corrected chi connectivity index (χ2v) is 5.50. The number of aromatic nitrogens is 1. The van der Waals surface area contributed by atoms with Crippen LogP contribution in [0.3, 0.4) is 0 Å². The largest absolute Gasteiger partial charge is 0.478 e. The minimum atomic E-state index is -0.954. The topological polar surface area (TPSA) is 82.5 Å². The average Bonchev–Trinajstić information content (AvgIpc) is 3.12. The Labute approximate surface area is 125 Å². The molecule has 0 radical (unpaired) electrons. The summed E-state index contributed by atoms with van der Waals surface area (Å²) >= 11 is 1.49. The van der Waals surface area contributed by atoms with Gasteiger partial charge in [-0.2, -0.15) is 0 Å². The molecule has 6 nitrogen and oxygen atoms in total. The molecular weight excluding hydrogens is 290 g/mol. The van der Waals surface area contributed by atoms with Gasteiger partial charge in [0.05, 0.1) is 23.3 Å². The number of carbonyl (C=O) groups is 2. The van der Waals surface area contributed by atoms with Gasteiger partial charge >= 0.3 is 12.0 Å². The van der Waals surface area contributed by atoms with E-state index in [9.17, 15) is 9.59 Å². The number of thiazole rings is 1. The fourth-order valence-electron chi connectivity index (χ4n) is 2.27. The highest BCUT2D eigenvalue weighted by Gasteiger charge is 2.24. The summed E-state index contributed by atoms with van der Waals surface area (Å²) < 4.78 is 0. The van der Waals surface area contributed by atoms with Gasteiger partial charge in [-0.1, -0.05) is 6.07 Å². The van der Waals surface area contributed by atoms with Gasteiger partial charge in [0.2, 0.25) is 0 Å². The van der Waals surface area contributed by atoms with E-state index < -0.39 is 5.97 Å². The summed E-state index contributed by atoms with van der Waals surface area (Å²) in [5.74, 6) is -0.954. The van der Waals surface area contributed by atoms with Crippen LogP contribution in [0.2, 0.25) is 0 Å². The van der Waals surface area contributed by atoms with Gasteiger partial charge in [0, 0.05) is 18.5 Å². The molecule has 2 amide bonds. The fourth-order valence-corrected chi connectivity index (χ4v) is 2.83. The highest BCUT2D eigenvalue weighted by atomic mass is 32.1. The number of rotatable bonds is 3. The molecule has 108 valence electrons. The number of carbonyl (C=O) groups excluding carboxylic acids is 1. The molecule has 0 saturated heterocycles. The van der Waals surface area contributed by atoms with Gasteiger partial charge in [-0.25, -0.2) is 14.6 Å². The molecule has 1 aromatic carbocycles. The lowest BCUT2D eigenvalue weighted by Crippen LogP contribution is -2.36. The maximum atomic E-state index is 12.1. The zero-order valence-corrected chi connectivity index (χ0v) is 11.9. The molecular formula is C14H13N3O3S. The molecule has 7 heteroatoms. The quantitative estimate of drug-likeness (QED) is 0.909. The summed E-state index contributed by atoms with van der Waals surface area (Å²) in [4.78, 5) is 28.8. The Morgan fingerprint density at radius 1 is 1.33 bits per heavy atom. The van der Waals surface area contributed by atoms with Crippen LogP contribution >= 0.6 is 11.3 Å². The third-order valence-corrected chi connectivity index (χ3v) is 4.00. The number of carboxylic acids is 1. The van der Waals surface area contributed by atoms with Crippen molar-refractivity contribution in [2.75, 3.05) is 0 Å². The first kappa shape index (κ1) is 13.6. The van der Waals surface area contributed by atoms with E-state index in [1.165, 1.54) is 11.3 Å². The number of carboxylic acid groups (broad SMARTS) is 1. The lowest BCUT2D eigenvalue weighted by Gasteiger charge is -2.15. The summed E-state index contributed by atoms with van der Waals surface area (Å²) in [6.07, 6.45) is 0. The zero-order chi connectivity index (χ0) is 14.8. The van der Waals surface area contributed by atoms with Gasteiger partial charge < -0.3 is 15.3 Å². The molecule has 2 heterocycles. The van der Waals surface area contributed by atoms with Gasteiger partial charge in [0.1, 0.15) is 0 Å². The third kappa shape index (κ3) is 2.87. The van der Waals surface area contributed by atoms with Gasteiger partial charge in [-0.3, -0.25) is 0 Å². The number of urea groups is 1. The average molecular weight is 303 g/mol. The fraction of sp³-hybridized carbons (Fsp3) is 0.214. The van der Waals surface area contributed by atoms with Crippen molar-refractivity contribution in [2.24, 2.45) is 0 Å². The molecule has 3 rings (SSSR count). The molecule has 0 bridgehead atoms. The van der Waals surface area contributed by atoms with Crippen LogP contribution in [0.1, 0.15) is 27.2 Å². The number of aromatic carboxylic acids is 1. The number of hydrogen-bond acceptors (Lipinski definition) is 4. The van der Waals surface area contributed by atoms with Crippen molar-refractivity contribution in [1.29, 1.82) is 0 Å². The van der Waals surface area contributed by atoms with Crippen molar-refractivity contribution < 1.29 is 14.7 Å². The monoisotopic (exact) mass is 303 g/mol. The Bertz CT molecular complexity index is 685. The summed E-state index contributed by atoms with van der Waals surface area (Å²) in [6.45, 7) is 1.33. The van der Waals surface area contributed by atoms with Gasteiger partial charge in [0.15, 0.2) is 0 Å². The van der Waals surface area contributed by atoms with Crippen LogP contribution in [0.5, 0.6) is 0 Å². The molecule has 2 aromatic rings. The number of hydrogen-bond donors (Lipinski definition) is 2. The van der Waals surface area contributed by atoms with Crippen molar-refractivity contribution in [2.45, 2.75) is 19.6 Å². The normalized spacial score (nSPS) is 13.0. The van der Waals surface area contributed by atoms with E-state index in [0.717, 1.165) is 16.8 Å². The highest BCUT2D eigenvalue weighted by Crippen LogP contribution is 2.24. The van der Waals surface area contributed by atoms with Crippen LogP contribution in [0.15, 0.2) is 29.1 Å². The predicted molar refractivity (Wildman–Crippen MR) is 77.0 cm³/mol. The minimum absolute atomic E-state index is 0.170. The first-order valence-corrected chi connectivity index (χ1v) is 7.32. The van der Waals surface area contributed by atoms with Crippen molar-refractivity contribution in [3.05, 3.63) is 51.5 Å². The molecule has 0 fully saturated rings. The summed E-state index contributed by atoms with van der Waals surface area (Å²) in [6, 6.07) is 4.80. The maximum absolute atomic E-state index is 12.1. The molecule has 0 spiro atoms. The van der Waals surface area contributed by atoms with E-state index in [2.05, 4.69) is 10.3 Å². The number of fused-ring (bicyclic) bond motifs is 1. The lowest BCUT2D eigenvalue weighted by atomic mass is 10.1.